The lowest BCUT2D eigenvalue weighted by molar-refractivity contribution is -0.131. The van der Waals surface area contributed by atoms with Crippen LogP contribution in [-0.2, 0) is 4.79 Å². The minimum atomic E-state index is 0. The Morgan fingerprint density at radius 1 is 1.03 bits per heavy atom. The minimum Gasteiger partial charge on any atom is -0.339 e. The Bertz CT molecular complexity index is 807. The van der Waals surface area contributed by atoms with Gasteiger partial charge in [-0.15, -0.1) is 24.8 Å². The first-order chi connectivity index (χ1) is 13.1. The molecule has 29 heavy (non-hydrogen) atoms. The van der Waals surface area contributed by atoms with Crippen molar-refractivity contribution >= 4 is 42.3 Å². The molecule has 1 aliphatic heterocycles. The number of nitrogens with zero attached hydrogens (tertiary/aromatic N) is 2. The molecule has 0 radical (unpaired) electrons. The van der Waals surface area contributed by atoms with E-state index in [1.165, 1.54) is 11.1 Å². The van der Waals surface area contributed by atoms with Gasteiger partial charge in [-0.1, -0.05) is 48.0 Å². The Labute approximate surface area is 190 Å². The molecule has 1 N–H and O–H groups in total. The first-order valence-corrected chi connectivity index (χ1v) is 10.0. The molecule has 2 aromatic rings. The van der Waals surface area contributed by atoms with E-state index in [2.05, 4.69) is 47.6 Å². The monoisotopic (exact) mass is 455 g/mol. The fourth-order valence-corrected chi connectivity index (χ4v) is 3.96. The average molecular weight is 457 g/mol. The van der Waals surface area contributed by atoms with Crippen molar-refractivity contribution in [2.45, 2.75) is 18.4 Å². The van der Waals surface area contributed by atoms with Gasteiger partial charge in [-0.25, -0.2) is 0 Å². The van der Waals surface area contributed by atoms with Crippen molar-refractivity contribution in [3.05, 3.63) is 59.1 Å². The Morgan fingerprint density at radius 2 is 1.72 bits per heavy atom. The number of rotatable bonds is 5. The van der Waals surface area contributed by atoms with Gasteiger partial charge in [0.05, 0.1) is 6.54 Å². The van der Waals surface area contributed by atoms with Crippen LogP contribution < -0.4 is 5.32 Å². The van der Waals surface area contributed by atoms with Gasteiger partial charge in [-0.3, -0.25) is 4.79 Å². The number of piperazine rings is 1. The van der Waals surface area contributed by atoms with E-state index in [1.54, 1.807) is 0 Å². The van der Waals surface area contributed by atoms with E-state index in [4.69, 9.17) is 11.6 Å². The van der Waals surface area contributed by atoms with E-state index in [0.717, 1.165) is 43.2 Å². The summed E-state index contributed by atoms with van der Waals surface area (Å²) >= 11 is 6.09. The number of halogens is 3. The van der Waals surface area contributed by atoms with Crippen LogP contribution in [0.25, 0.3) is 11.1 Å². The van der Waals surface area contributed by atoms with Crippen LogP contribution in [-0.4, -0.2) is 61.5 Å². The lowest BCUT2D eigenvalue weighted by Crippen LogP contribution is -2.49. The van der Waals surface area contributed by atoms with Crippen LogP contribution in [0.4, 0.5) is 0 Å². The smallest absolute Gasteiger partial charge is 0.236 e. The number of likely N-dealkylation sites (N-methyl/N-ethyl adjacent to an activating group) is 1. The maximum absolute atomic E-state index is 12.3. The zero-order chi connectivity index (χ0) is 18.8. The van der Waals surface area contributed by atoms with Gasteiger partial charge in [0.1, 0.15) is 0 Å². The Morgan fingerprint density at radius 3 is 2.38 bits per heavy atom. The molecule has 1 amide bonds. The normalized spacial score (nSPS) is 21.1. The number of hydrogen-bond donors (Lipinski definition) is 1. The molecule has 0 aromatic heterocycles. The van der Waals surface area contributed by atoms with Crippen molar-refractivity contribution in [2.75, 3.05) is 39.8 Å². The molecule has 7 heteroatoms. The van der Waals surface area contributed by atoms with E-state index in [1.807, 2.05) is 23.1 Å². The third kappa shape index (κ3) is 6.09. The molecular weight excluding hydrogens is 429 g/mol. The predicted molar refractivity (Wildman–Crippen MR) is 125 cm³/mol. The molecule has 1 heterocycles. The summed E-state index contributed by atoms with van der Waals surface area (Å²) in [5, 5.41) is 4.20. The topological polar surface area (TPSA) is 35.6 Å². The van der Waals surface area contributed by atoms with Crippen LogP contribution in [0.3, 0.4) is 0 Å². The van der Waals surface area contributed by atoms with Crippen molar-refractivity contribution < 1.29 is 4.79 Å². The second kappa shape index (κ2) is 10.6. The highest BCUT2D eigenvalue weighted by Gasteiger charge is 2.38. The Balaban J connectivity index is 0.00000150. The molecule has 1 saturated heterocycles. The van der Waals surface area contributed by atoms with Crippen LogP contribution in [0.5, 0.6) is 0 Å². The number of hydrogen-bond acceptors (Lipinski definition) is 3. The number of carbonyl (C=O) groups is 1. The molecule has 1 aliphatic carbocycles. The summed E-state index contributed by atoms with van der Waals surface area (Å²) < 4.78 is 0. The fraction of sp³-hybridized carbons (Fsp3) is 0.409. The van der Waals surface area contributed by atoms with Gasteiger partial charge in [0.25, 0.3) is 0 Å². The van der Waals surface area contributed by atoms with Gasteiger partial charge < -0.3 is 15.1 Å². The molecule has 2 aromatic carbocycles. The molecule has 0 bridgehead atoms. The molecule has 4 nitrogen and oxygen atoms in total. The lowest BCUT2D eigenvalue weighted by atomic mass is 10.0. The van der Waals surface area contributed by atoms with Gasteiger partial charge in [-0.05, 0) is 42.3 Å². The molecule has 2 atom stereocenters. The number of amides is 1. The lowest BCUT2D eigenvalue weighted by Gasteiger charge is -2.32. The highest BCUT2D eigenvalue weighted by Crippen LogP contribution is 2.41. The summed E-state index contributed by atoms with van der Waals surface area (Å²) in [6, 6.07) is 17.1. The SMILES string of the molecule is CN1CCN(C(=O)CNC2CC2c2ccc(-c3cccc(Cl)c3)cc2)CC1.Cl.Cl. The van der Waals surface area contributed by atoms with Crippen molar-refractivity contribution in [2.24, 2.45) is 0 Å². The van der Waals surface area contributed by atoms with Crippen LogP contribution in [0.2, 0.25) is 5.02 Å². The van der Waals surface area contributed by atoms with Crippen molar-refractivity contribution in [3.8, 4) is 11.1 Å². The van der Waals surface area contributed by atoms with E-state index in [0.29, 0.717) is 18.5 Å². The van der Waals surface area contributed by atoms with E-state index in [9.17, 15) is 4.79 Å². The summed E-state index contributed by atoms with van der Waals surface area (Å²) in [6.45, 7) is 4.07. The van der Waals surface area contributed by atoms with E-state index >= 15 is 0 Å². The molecule has 2 unspecified atom stereocenters. The molecule has 4 rings (SSSR count). The predicted octanol–water partition coefficient (Wildman–Crippen LogP) is 4.07. The largest absolute Gasteiger partial charge is 0.339 e. The van der Waals surface area contributed by atoms with Crippen molar-refractivity contribution in [1.82, 2.24) is 15.1 Å². The summed E-state index contributed by atoms with van der Waals surface area (Å²) in [7, 11) is 2.10. The summed E-state index contributed by atoms with van der Waals surface area (Å²) in [5.41, 5.74) is 3.65. The summed E-state index contributed by atoms with van der Waals surface area (Å²) in [5.74, 6) is 0.740. The summed E-state index contributed by atoms with van der Waals surface area (Å²) in [4.78, 5) is 16.6. The molecule has 1 saturated carbocycles. The fourth-order valence-electron chi connectivity index (χ4n) is 3.77. The third-order valence-electron chi connectivity index (χ3n) is 5.66. The van der Waals surface area contributed by atoms with Crippen molar-refractivity contribution in [1.29, 1.82) is 0 Å². The molecule has 158 valence electrons. The quantitative estimate of drug-likeness (QED) is 0.737. The molecular formula is C22H28Cl3N3O. The van der Waals surface area contributed by atoms with Gasteiger partial charge >= 0.3 is 0 Å². The van der Waals surface area contributed by atoms with Gasteiger partial charge in [-0.2, -0.15) is 0 Å². The Hall–Kier alpha value is -1.30. The zero-order valence-corrected chi connectivity index (χ0v) is 18.9. The molecule has 0 spiro atoms. The highest BCUT2D eigenvalue weighted by molar-refractivity contribution is 6.30. The summed E-state index contributed by atoms with van der Waals surface area (Å²) in [6.07, 6.45) is 1.10. The number of carbonyl (C=O) groups excluding carboxylic acids is 1. The minimum absolute atomic E-state index is 0. The Kier molecular flexibility index (Phi) is 8.80. The standard InChI is InChI=1S/C22H26ClN3O.2ClH/c1-25-9-11-26(12-10-25)22(27)15-24-21-14-20(21)17-7-5-16(6-8-17)18-3-2-4-19(23)13-18;;/h2-8,13,20-21,24H,9-12,14-15H2,1H3;2*1H. The number of benzene rings is 2. The molecule has 2 aliphatic rings. The van der Waals surface area contributed by atoms with Crippen molar-refractivity contribution in [3.63, 3.8) is 0 Å². The maximum Gasteiger partial charge on any atom is 0.236 e. The second-order valence-corrected chi connectivity index (χ2v) is 8.08. The first kappa shape index (κ1) is 24.0. The van der Waals surface area contributed by atoms with Gasteiger partial charge in [0.2, 0.25) is 5.91 Å². The van der Waals surface area contributed by atoms with Crippen LogP contribution >= 0.6 is 36.4 Å². The highest BCUT2D eigenvalue weighted by atomic mass is 35.5. The molecule has 2 fully saturated rings. The zero-order valence-electron chi connectivity index (χ0n) is 16.5. The van der Waals surface area contributed by atoms with E-state index in [-0.39, 0.29) is 30.7 Å². The third-order valence-corrected chi connectivity index (χ3v) is 5.89. The van der Waals surface area contributed by atoms with Crippen LogP contribution in [0, 0.1) is 0 Å². The second-order valence-electron chi connectivity index (χ2n) is 7.65. The first-order valence-electron chi connectivity index (χ1n) is 9.66. The maximum atomic E-state index is 12.3. The van der Waals surface area contributed by atoms with Gasteiger partial charge in [0.15, 0.2) is 0 Å². The van der Waals surface area contributed by atoms with Crippen LogP contribution in [0.15, 0.2) is 48.5 Å². The van der Waals surface area contributed by atoms with Crippen LogP contribution in [0.1, 0.15) is 17.9 Å². The average Bonchev–Trinajstić information content (AvgIpc) is 3.46. The van der Waals surface area contributed by atoms with Gasteiger partial charge in [0, 0.05) is 43.2 Å². The number of nitrogens with one attached hydrogen (secondary N) is 1. The van der Waals surface area contributed by atoms with E-state index < -0.39 is 0 Å².